The predicted octanol–water partition coefficient (Wildman–Crippen LogP) is 0.512. The Kier molecular flexibility index (Phi) is 4.28. The highest BCUT2D eigenvalue weighted by Gasteiger charge is 2.20. The largest absolute Gasteiger partial charge is 0.396 e. The van der Waals surface area contributed by atoms with Crippen LogP contribution in [0, 0.1) is 0 Å². The Bertz CT molecular complexity index is 295. The molecule has 0 amide bonds. The summed E-state index contributed by atoms with van der Waals surface area (Å²) < 4.78 is 0. The summed E-state index contributed by atoms with van der Waals surface area (Å²) >= 11 is 5.72. The summed E-state index contributed by atoms with van der Waals surface area (Å²) in [6.45, 7) is -0.184. The summed E-state index contributed by atoms with van der Waals surface area (Å²) in [6, 6.07) is 3.21. The van der Waals surface area contributed by atoms with Gasteiger partial charge in [0.25, 0.3) is 0 Å². The summed E-state index contributed by atoms with van der Waals surface area (Å²) in [7, 11) is 0. The Balaban J connectivity index is 2.78. The first-order valence-corrected chi connectivity index (χ1v) is 4.62. The van der Waals surface area contributed by atoms with Crippen molar-refractivity contribution in [1.82, 2.24) is 4.98 Å². The molecule has 1 aromatic heterocycles. The molecule has 3 N–H and O–H groups in total. The van der Waals surface area contributed by atoms with E-state index in [0.29, 0.717) is 5.56 Å². The molecular formula is C9H12ClNO3. The molecule has 78 valence electrons. The van der Waals surface area contributed by atoms with Crippen molar-refractivity contribution in [2.45, 2.75) is 18.6 Å². The molecule has 0 saturated heterocycles. The first kappa shape index (κ1) is 11.4. The number of rotatable bonds is 4. The SMILES string of the molecule is OCCC(O)C(O)c1cccnc1Cl. The zero-order valence-corrected chi connectivity index (χ0v) is 8.22. The van der Waals surface area contributed by atoms with Crippen LogP contribution in [0.4, 0.5) is 0 Å². The summed E-state index contributed by atoms with van der Waals surface area (Å²) in [5, 5.41) is 27.8. The van der Waals surface area contributed by atoms with E-state index >= 15 is 0 Å². The van der Waals surface area contributed by atoms with Crippen LogP contribution in [0.15, 0.2) is 18.3 Å². The molecule has 0 radical (unpaired) electrons. The lowest BCUT2D eigenvalue weighted by Gasteiger charge is -2.17. The molecule has 0 spiro atoms. The topological polar surface area (TPSA) is 73.6 Å². The minimum Gasteiger partial charge on any atom is -0.396 e. The van der Waals surface area contributed by atoms with E-state index in [0.717, 1.165) is 0 Å². The van der Waals surface area contributed by atoms with Gasteiger partial charge in [-0.15, -0.1) is 0 Å². The maximum atomic E-state index is 9.62. The summed E-state index contributed by atoms with van der Waals surface area (Å²) in [4.78, 5) is 3.77. The molecule has 0 aliphatic carbocycles. The molecule has 1 rings (SSSR count). The highest BCUT2D eigenvalue weighted by Crippen LogP contribution is 2.24. The van der Waals surface area contributed by atoms with Gasteiger partial charge in [0.2, 0.25) is 0 Å². The second-order valence-corrected chi connectivity index (χ2v) is 3.27. The van der Waals surface area contributed by atoms with E-state index < -0.39 is 12.2 Å². The minimum atomic E-state index is -1.11. The van der Waals surface area contributed by atoms with Crippen LogP contribution < -0.4 is 0 Å². The number of halogens is 1. The van der Waals surface area contributed by atoms with Crippen molar-refractivity contribution in [3.8, 4) is 0 Å². The van der Waals surface area contributed by atoms with Gasteiger partial charge in [-0.1, -0.05) is 17.7 Å². The van der Waals surface area contributed by atoms with Gasteiger partial charge in [-0.05, 0) is 12.5 Å². The monoisotopic (exact) mass is 217 g/mol. The Morgan fingerprint density at radius 3 is 2.71 bits per heavy atom. The highest BCUT2D eigenvalue weighted by atomic mass is 35.5. The van der Waals surface area contributed by atoms with E-state index in [2.05, 4.69) is 4.98 Å². The predicted molar refractivity (Wildman–Crippen MR) is 51.9 cm³/mol. The molecule has 0 aromatic carbocycles. The van der Waals surface area contributed by atoms with Gasteiger partial charge in [-0.2, -0.15) is 0 Å². The molecule has 1 heterocycles. The van der Waals surface area contributed by atoms with Crippen LogP contribution in [-0.4, -0.2) is 33.0 Å². The van der Waals surface area contributed by atoms with Crippen molar-refractivity contribution in [3.05, 3.63) is 29.0 Å². The third-order valence-electron chi connectivity index (χ3n) is 1.90. The molecular weight excluding hydrogens is 206 g/mol. The number of pyridine rings is 1. The van der Waals surface area contributed by atoms with Crippen LogP contribution in [0.1, 0.15) is 18.1 Å². The fraction of sp³-hybridized carbons (Fsp3) is 0.444. The number of aliphatic hydroxyl groups is 3. The summed E-state index contributed by atoms with van der Waals surface area (Å²) in [5.41, 5.74) is 0.370. The molecule has 14 heavy (non-hydrogen) atoms. The number of aromatic nitrogens is 1. The van der Waals surface area contributed by atoms with Gasteiger partial charge in [0.1, 0.15) is 11.3 Å². The zero-order chi connectivity index (χ0) is 10.6. The van der Waals surface area contributed by atoms with E-state index in [4.69, 9.17) is 16.7 Å². The van der Waals surface area contributed by atoms with Crippen LogP contribution in [0.25, 0.3) is 0 Å². The molecule has 4 nitrogen and oxygen atoms in total. The van der Waals surface area contributed by atoms with E-state index in [1.165, 1.54) is 6.20 Å². The fourth-order valence-corrected chi connectivity index (χ4v) is 1.35. The van der Waals surface area contributed by atoms with Gasteiger partial charge in [0.15, 0.2) is 0 Å². The van der Waals surface area contributed by atoms with Crippen molar-refractivity contribution in [2.75, 3.05) is 6.61 Å². The quantitative estimate of drug-likeness (QED) is 0.643. The van der Waals surface area contributed by atoms with Gasteiger partial charge < -0.3 is 15.3 Å². The highest BCUT2D eigenvalue weighted by molar-refractivity contribution is 6.30. The van der Waals surface area contributed by atoms with Crippen LogP contribution in [-0.2, 0) is 0 Å². The summed E-state index contributed by atoms with van der Waals surface area (Å²) in [5.74, 6) is 0. The van der Waals surface area contributed by atoms with Crippen molar-refractivity contribution in [1.29, 1.82) is 0 Å². The zero-order valence-electron chi connectivity index (χ0n) is 7.47. The lowest BCUT2D eigenvalue weighted by atomic mass is 10.0. The standard InChI is InChI=1S/C9H12ClNO3/c10-9-6(2-1-4-11-9)8(14)7(13)3-5-12/h1-2,4,7-8,12-14H,3,5H2. The lowest BCUT2D eigenvalue weighted by Crippen LogP contribution is -2.19. The van der Waals surface area contributed by atoms with Crippen molar-refractivity contribution < 1.29 is 15.3 Å². The number of hydrogen-bond acceptors (Lipinski definition) is 4. The fourth-order valence-electron chi connectivity index (χ4n) is 1.12. The molecule has 0 saturated carbocycles. The maximum absolute atomic E-state index is 9.62. The minimum absolute atomic E-state index is 0.104. The van der Waals surface area contributed by atoms with Gasteiger partial charge >= 0.3 is 0 Å². The normalized spacial score (nSPS) is 15.1. The number of hydrogen-bond donors (Lipinski definition) is 3. The Morgan fingerprint density at radius 1 is 1.43 bits per heavy atom. The molecule has 0 aliphatic rings. The number of aliphatic hydroxyl groups excluding tert-OH is 3. The first-order valence-electron chi connectivity index (χ1n) is 4.24. The van der Waals surface area contributed by atoms with Crippen LogP contribution in [0.2, 0.25) is 5.15 Å². The van der Waals surface area contributed by atoms with Crippen LogP contribution in [0.3, 0.4) is 0 Å². The van der Waals surface area contributed by atoms with E-state index in [1.807, 2.05) is 0 Å². The van der Waals surface area contributed by atoms with E-state index in [9.17, 15) is 10.2 Å². The number of nitrogens with zero attached hydrogens (tertiary/aromatic N) is 1. The van der Waals surface area contributed by atoms with Crippen molar-refractivity contribution in [3.63, 3.8) is 0 Å². The molecule has 0 fully saturated rings. The van der Waals surface area contributed by atoms with Gasteiger partial charge in [-0.3, -0.25) is 0 Å². The Hall–Kier alpha value is -0.680. The first-order chi connectivity index (χ1) is 6.66. The third kappa shape index (κ3) is 2.65. The van der Waals surface area contributed by atoms with E-state index in [1.54, 1.807) is 12.1 Å². The lowest BCUT2D eigenvalue weighted by molar-refractivity contribution is 0.00409. The van der Waals surface area contributed by atoms with Crippen molar-refractivity contribution in [2.24, 2.45) is 0 Å². The van der Waals surface area contributed by atoms with Crippen LogP contribution >= 0.6 is 11.6 Å². The van der Waals surface area contributed by atoms with Gasteiger partial charge in [-0.25, -0.2) is 4.98 Å². The van der Waals surface area contributed by atoms with Gasteiger partial charge in [0.05, 0.1) is 6.10 Å². The Morgan fingerprint density at radius 2 is 2.14 bits per heavy atom. The summed E-state index contributed by atoms with van der Waals surface area (Å²) in [6.07, 6.45) is -0.534. The third-order valence-corrected chi connectivity index (χ3v) is 2.21. The van der Waals surface area contributed by atoms with Crippen molar-refractivity contribution >= 4 is 11.6 Å². The second-order valence-electron chi connectivity index (χ2n) is 2.91. The van der Waals surface area contributed by atoms with E-state index in [-0.39, 0.29) is 18.2 Å². The van der Waals surface area contributed by atoms with Gasteiger partial charge in [0, 0.05) is 18.4 Å². The molecule has 2 atom stereocenters. The maximum Gasteiger partial charge on any atom is 0.134 e. The molecule has 5 heteroatoms. The molecule has 0 bridgehead atoms. The Labute approximate surface area is 86.8 Å². The molecule has 0 aliphatic heterocycles. The van der Waals surface area contributed by atoms with Crippen LogP contribution in [0.5, 0.6) is 0 Å². The molecule has 2 unspecified atom stereocenters. The molecule has 1 aromatic rings. The smallest absolute Gasteiger partial charge is 0.134 e. The average molecular weight is 218 g/mol. The second kappa shape index (κ2) is 5.26. The average Bonchev–Trinajstić information content (AvgIpc) is 2.18.